The topological polar surface area (TPSA) is 62.3 Å². The van der Waals surface area contributed by atoms with E-state index in [1.165, 1.54) is 22.5 Å². The first-order valence-electron chi connectivity index (χ1n) is 9.56. The number of hydrogen-bond donors (Lipinski definition) is 1. The molecule has 3 aromatic rings. The Morgan fingerprint density at radius 1 is 0.897 bits per heavy atom. The van der Waals surface area contributed by atoms with E-state index in [0.717, 1.165) is 16.7 Å². The largest absolute Gasteiger partial charge is 0.313 e. The van der Waals surface area contributed by atoms with Crippen molar-refractivity contribution in [3.8, 4) is 11.1 Å². The predicted octanol–water partition coefficient (Wildman–Crippen LogP) is 3.02. The third-order valence-electron chi connectivity index (χ3n) is 5.89. The summed E-state index contributed by atoms with van der Waals surface area (Å²) in [6.45, 7) is 1.11. The minimum absolute atomic E-state index is 0.101. The Kier molecular flexibility index (Phi) is 4.46. The number of benzene rings is 2. The maximum atomic E-state index is 14.2. The molecule has 0 spiro atoms. The SMILES string of the molecule is O=S(=O)(c1ccccc1F)N1[C@@H]2CNC[C@H]1C2c1ccc(-c2ccncc2)cc1. The Balaban J connectivity index is 1.44. The summed E-state index contributed by atoms with van der Waals surface area (Å²) in [4.78, 5) is 3.80. The van der Waals surface area contributed by atoms with E-state index in [-0.39, 0.29) is 22.9 Å². The number of nitrogens with one attached hydrogen (secondary N) is 1. The van der Waals surface area contributed by atoms with Crippen molar-refractivity contribution in [2.45, 2.75) is 22.9 Å². The maximum Gasteiger partial charge on any atom is 0.246 e. The summed E-state index contributed by atoms with van der Waals surface area (Å²) in [7, 11) is -3.87. The molecule has 7 heteroatoms. The highest BCUT2D eigenvalue weighted by Crippen LogP contribution is 2.46. The molecule has 0 saturated carbocycles. The fourth-order valence-electron chi connectivity index (χ4n) is 4.54. The van der Waals surface area contributed by atoms with E-state index >= 15 is 0 Å². The van der Waals surface area contributed by atoms with Gasteiger partial charge in [0.25, 0.3) is 0 Å². The first-order chi connectivity index (χ1) is 14.1. The van der Waals surface area contributed by atoms with Crippen LogP contribution in [0.5, 0.6) is 0 Å². The summed E-state index contributed by atoms with van der Waals surface area (Å²) in [5.74, 6) is -0.604. The van der Waals surface area contributed by atoms with Gasteiger partial charge in [0.2, 0.25) is 10.0 Å². The Bertz CT molecular complexity index is 1120. The smallest absolute Gasteiger partial charge is 0.246 e. The number of piperidine rings is 1. The Hall–Kier alpha value is -2.61. The number of fused-ring (bicyclic) bond motifs is 2. The number of piperazine rings is 1. The van der Waals surface area contributed by atoms with Crippen molar-refractivity contribution in [1.29, 1.82) is 0 Å². The van der Waals surface area contributed by atoms with E-state index in [1.807, 2.05) is 12.1 Å². The molecule has 5 nitrogen and oxygen atoms in total. The van der Waals surface area contributed by atoms with E-state index in [4.69, 9.17) is 0 Å². The van der Waals surface area contributed by atoms with Crippen molar-refractivity contribution < 1.29 is 12.8 Å². The molecule has 1 unspecified atom stereocenters. The molecule has 2 aliphatic rings. The molecule has 1 aromatic heterocycles. The standard InChI is InChI=1S/C22H20FN3O2S/c23-18-3-1-2-4-21(18)29(27,28)26-19-13-25-14-20(26)22(19)17-7-5-15(6-8-17)16-9-11-24-12-10-16/h1-12,19-20,22,25H,13-14H2/t19-,20+,22?. The molecule has 2 bridgehead atoms. The quantitative estimate of drug-likeness (QED) is 0.720. The van der Waals surface area contributed by atoms with Crippen LogP contribution in [-0.2, 0) is 10.0 Å². The molecule has 2 aliphatic heterocycles. The Morgan fingerprint density at radius 3 is 2.17 bits per heavy atom. The lowest BCUT2D eigenvalue weighted by Crippen LogP contribution is -2.73. The Labute approximate surface area is 169 Å². The Morgan fingerprint density at radius 2 is 1.52 bits per heavy atom. The minimum atomic E-state index is -3.87. The van der Waals surface area contributed by atoms with Crippen molar-refractivity contribution >= 4 is 10.0 Å². The van der Waals surface area contributed by atoms with Gasteiger partial charge in [-0.3, -0.25) is 4.98 Å². The van der Waals surface area contributed by atoms with E-state index in [9.17, 15) is 12.8 Å². The summed E-state index contributed by atoms with van der Waals surface area (Å²) in [6, 6.07) is 17.3. The number of sulfonamides is 1. The number of halogens is 1. The van der Waals surface area contributed by atoms with Crippen LogP contribution in [0, 0.1) is 5.82 Å². The molecular weight excluding hydrogens is 389 g/mol. The second-order valence-corrected chi connectivity index (χ2v) is 9.25. The van der Waals surface area contributed by atoms with E-state index < -0.39 is 15.8 Å². The van der Waals surface area contributed by atoms with Crippen LogP contribution in [0.2, 0.25) is 0 Å². The van der Waals surface area contributed by atoms with Gasteiger partial charge in [0.1, 0.15) is 10.7 Å². The molecule has 29 heavy (non-hydrogen) atoms. The molecule has 0 amide bonds. The lowest BCUT2D eigenvalue weighted by atomic mass is 9.74. The first-order valence-corrected chi connectivity index (χ1v) is 11.0. The van der Waals surface area contributed by atoms with Gasteiger partial charge in [-0.2, -0.15) is 4.31 Å². The van der Waals surface area contributed by atoms with Gasteiger partial charge >= 0.3 is 0 Å². The molecule has 0 radical (unpaired) electrons. The van der Waals surface area contributed by atoms with Crippen LogP contribution >= 0.6 is 0 Å². The average Bonchev–Trinajstić information content (AvgIpc) is 2.75. The second kappa shape index (κ2) is 7.02. The number of hydrogen-bond acceptors (Lipinski definition) is 4. The van der Waals surface area contributed by atoms with E-state index in [0.29, 0.717) is 13.1 Å². The monoisotopic (exact) mass is 409 g/mol. The highest BCUT2D eigenvalue weighted by molar-refractivity contribution is 7.89. The number of nitrogens with zero attached hydrogens (tertiary/aromatic N) is 2. The van der Waals surface area contributed by atoms with Gasteiger partial charge in [-0.05, 0) is 41.0 Å². The summed E-state index contributed by atoms with van der Waals surface area (Å²) < 4.78 is 41.9. The summed E-state index contributed by atoms with van der Waals surface area (Å²) >= 11 is 0. The second-order valence-electron chi connectivity index (χ2n) is 7.44. The van der Waals surface area contributed by atoms with Crippen LogP contribution in [0.1, 0.15) is 11.5 Å². The van der Waals surface area contributed by atoms with Crippen LogP contribution in [0.25, 0.3) is 11.1 Å². The summed E-state index contributed by atoms with van der Waals surface area (Å²) in [5, 5.41) is 3.28. The lowest BCUT2D eigenvalue weighted by molar-refractivity contribution is 0.0368. The molecule has 2 aromatic carbocycles. The number of aromatic nitrogens is 1. The molecule has 2 fully saturated rings. The summed E-state index contributed by atoms with van der Waals surface area (Å²) in [6.07, 6.45) is 3.52. The van der Waals surface area contributed by atoms with Crippen LogP contribution in [0.15, 0.2) is 78.0 Å². The van der Waals surface area contributed by atoms with Crippen molar-refractivity contribution in [2.24, 2.45) is 0 Å². The van der Waals surface area contributed by atoms with E-state index in [2.05, 4.69) is 34.6 Å². The molecule has 3 atom stereocenters. The molecule has 148 valence electrons. The highest BCUT2D eigenvalue weighted by Gasteiger charge is 2.57. The van der Waals surface area contributed by atoms with Crippen molar-refractivity contribution in [3.63, 3.8) is 0 Å². The zero-order chi connectivity index (χ0) is 20.0. The van der Waals surface area contributed by atoms with Gasteiger partial charge in [-0.1, -0.05) is 36.4 Å². The average molecular weight is 409 g/mol. The molecule has 3 heterocycles. The zero-order valence-electron chi connectivity index (χ0n) is 15.6. The van der Waals surface area contributed by atoms with Crippen LogP contribution in [0.3, 0.4) is 0 Å². The molecule has 2 saturated heterocycles. The first kappa shape index (κ1) is 18.4. The van der Waals surface area contributed by atoms with Crippen molar-refractivity contribution in [1.82, 2.24) is 14.6 Å². The van der Waals surface area contributed by atoms with Crippen molar-refractivity contribution in [2.75, 3.05) is 13.1 Å². The third-order valence-corrected chi connectivity index (χ3v) is 7.87. The molecule has 0 aliphatic carbocycles. The lowest BCUT2D eigenvalue weighted by Gasteiger charge is -2.57. The fourth-order valence-corrected chi connectivity index (χ4v) is 6.46. The normalized spacial score (nSPS) is 24.1. The number of pyridine rings is 1. The van der Waals surface area contributed by atoms with Crippen LogP contribution in [0.4, 0.5) is 4.39 Å². The predicted molar refractivity (Wildman–Crippen MR) is 108 cm³/mol. The van der Waals surface area contributed by atoms with Crippen LogP contribution < -0.4 is 5.32 Å². The van der Waals surface area contributed by atoms with E-state index in [1.54, 1.807) is 18.5 Å². The van der Waals surface area contributed by atoms with Gasteiger partial charge in [0.05, 0.1) is 0 Å². The molecular formula is C22H20FN3O2S. The number of rotatable bonds is 4. The zero-order valence-corrected chi connectivity index (χ0v) is 16.4. The third kappa shape index (κ3) is 2.97. The maximum absolute atomic E-state index is 14.2. The van der Waals surface area contributed by atoms with Crippen LogP contribution in [-0.4, -0.2) is 42.9 Å². The highest BCUT2D eigenvalue weighted by atomic mass is 32.2. The van der Waals surface area contributed by atoms with Gasteiger partial charge in [0.15, 0.2) is 0 Å². The van der Waals surface area contributed by atoms with Gasteiger partial charge in [-0.25, -0.2) is 12.8 Å². The minimum Gasteiger partial charge on any atom is -0.313 e. The van der Waals surface area contributed by atoms with Gasteiger partial charge < -0.3 is 5.32 Å². The van der Waals surface area contributed by atoms with Crippen molar-refractivity contribution in [3.05, 3.63) is 84.4 Å². The molecule has 5 rings (SSSR count). The fraction of sp³-hybridized carbons (Fsp3) is 0.227. The van der Waals surface area contributed by atoms with Gasteiger partial charge in [0, 0.05) is 43.5 Å². The van der Waals surface area contributed by atoms with Gasteiger partial charge in [-0.15, -0.1) is 0 Å². The molecule has 1 N–H and O–H groups in total. The summed E-state index contributed by atoms with van der Waals surface area (Å²) in [5.41, 5.74) is 3.29.